The van der Waals surface area contributed by atoms with Gasteiger partial charge in [-0.2, -0.15) is 0 Å². The minimum Gasteiger partial charge on any atom is -0.365 e. The maximum atomic E-state index is 12.2. The third-order valence-corrected chi connectivity index (χ3v) is 4.74. The van der Waals surface area contributed by atoms with Crippen molar-refractivity contribution in [3.63, 3.8) is 0 Å². The van der Waals surface area contributed by atoms with Crippen molar-refractivity contribution in [2.24, 2.45) is 0 Å². The van der Waals surface area contributed by atoms with Gasteiger partial charge in [-0.3, -0.25) is 9.59 Å². The lowest BCUT2D eigenvalue weighted by molar-refractivity contribution is -0.129. The van der Waals surface area contributed by atoms with E-state index < -0.39 is 0 Å². The van der Waals surface area contributed by atoms with Gasteiger partial charge in [0.2, 0.25) is 0 Å². The van der Waals surface area contributed by atoms with E-state index in [2.05, 4.69) is 5.32 Å². The van der Waals surface area contributed by atoms with Gasteiger partial charge in [0.1, 0.15) is 6.61 Å². The predicted octanol–water partition coefficient (Wildman–Crippen LogP) is 3.12. The van der Waals surface area contributed by atoms with Crippen molar-refractivity contribution >= 4 is 29.1 Å². The Balaban J connectivity index is 1.63. The molecule has 1 unspecified atom stereocenters. The molecule has 5 nitrogen and oxygen atoms in total. The van der Waals surface area contributed by atoms with E-state index in [1.54, 1.807) is 29.2 Å². The highest BCUT2D eigenvalue weighted by molar-refractivity contribution is 6.30. The normalized spacial score (nSPS) is 17.3. The molecule has 1 aliphatic heterocycles. The first kappa shape index (κ1) is 18.4. The van der Waals surface area contributed by atoms with Gasteiger partial charge in [-0.15, -0.1) is 0 Å². The van der Waals surface area contributed by atoms with Crippen molar-refractivity contribution in [1.82, 2.24) is 5.32 Å². The van der Waals surface area contributed by atoms with Crippen molar-refractivity contribution in [3.8, 4) is 0 Å². The number of anilines is 1. The van der Waals surface area contributed by atoms with E-state index >= 15 is 0 Å². The second kappa shape index (κ2) is 7.89. The van der Waals surface area contributed by atoms with E-state index in [0.29, 0.717) is 23.7 Å². The van der Waals surface area contributed by atoms with Gasteiger partial charge in [0.15, 0.2) is 0 Å². The van der Waals surface area contributed by atoms with Crippen LogP contribution in [0.5, 0.6) is 0 Å². The molecular formula is C20H21ClN2O3. The lowest BCUT2D eigenvalue weighted by atomic mass is 10.1. The molecule has 1 saturated heterocycles. The van der Waals surface area contributed by atoms with Crippen LogP contribution in [0.2, 0.25) is 5.02 Å². The van der Waals surface area contributed by atoms with E-state index in [1.165, 1.54) is 5.56 Å². The van der Waals surface area contributed by atoms with Crippen LogP contribution >= 0.6 is 11.6 Å². The maximum Gasteiger partial charge on any atom is 0.253 e. The van der Waals surface area contributed by atoms with Crippen molar-refractivity contribution in [3.05, 3.63) is 64.2 Å². The van der Waals surface area contributed by atoms with E-state index in [1.807, 2.05) is 32.0 Å². The molecule has 26 heavy (non-hydrogen) atoms. The first-order valence-corrected chi connectivity index (χ1v) is 8.85. The van der Waals surface area contributed by atoms with Crippen LogP contribution in [0.15, 0.2) is 42.5 Å². The summed E-state index contributed by atoms with van der Waals surface area (Å²) < 4.78 is 5.57. The van der Waals surface area contributed by atoms with Gasteiger partial charge in [-0.1, -0.05) is 23.7 Å². The Labute approximate surface area is 157 Å². The third kappa shape index (κ3) is 4.23. The zero-order valence-electron chi connectivity index (χ0n) is 14.8. The molecule has 136 valence electrons. The van der Waals surface area contributed by atoms with Gasteiger partial charge in [-0.05, 0) is 55.3 Å². The number of amides is 2. The summed E-state index contributed by atoms with van der Waals surface area (Å²) in [5, 5.41) is 3.35. The molecule has 1 heterocycles. The van der Waals surface area contributed by atoms with Crippen LogP contribution in [0.3, 0.4) is 0 Å². The first-order valence-electron chi connectivity index (χ1n) is 8.47. The summed E-state index contributed by atoms with van der Waals surface area (Å²) in [5.41, 5.74) is 3.66. The summed E-state index contributed by atoms with van der Waals surface area (Å²) in [4.78, 5) is 26.2. The Hall–Kier alpha value is -2.37. The van der Waals surface area contributed by atoms with Crippen LogP contribution in [0.4, 0.5) is 5.69 Å². The van der Waals surface area contributed by atoms with E-state index in [4.69, 9.17) is 16.3 Å². The summed E-state index contributed by atoms with van der Waals surface area (Å²) in [6, 6.07) is 12.7. The molecular weight excluding hydrogens is 352 g/mol. The zero-order chi connectivity index (χ0) is 18.7. The molecule has 1 aliphatic rings. The molecule has 0 bridgehead atoms. The van der Waals surface area contributed by atoms with Crippen LogP contribution in [0.25, 0.3) is 0 Å². The Morgan fingerprint density at radius 2 is 2.04 bits per heavy atom. The molecule has 2 amide bonds. The lowest BCUT2D eigenvalue weighted by Gasteiger charge is -2.33. The fraction of sp³-hybridized carbons (Fsp3) is 0.300. The van der Waals surface area contributed by atoms with Crippen molar-refractivity contribution in [2.75, 3.05) is 24.6 Å². The zero-order valence-corrected chi connectivity index (χ0v) is 15.5. The number of hydrogen-bond donors (Lipinski definition) is 1. The van der Waals surface area contributed by atoms with E-state index in [9.17, 15) is 9.59 Å². The number of nitrogens with zero attached hydrogens (tertiary/aromatic N) is 1. The number of halogens is 1. The number of carbonyl (C=O) groups excluding carboxylic acids is 2. The molecule has 1 atom stereocenters. The standard InChI is InChI=1S/C20H21ClN2O3/c1-13-6-7-17(8-14(13)2)23-11-18(26-12-19(23)24)10-22-20(25)15-4-3-5-16(21)9-15/h3-9,18H,10-12H2,1-2H3,(H,22,25). The molecule has 2 aromatic rings. The fourth-order valence-electron chi connectivity index (χ4n) is 2.83. The Morgan fingerprint density at radius 1 is 1.23 bits per heavy atom. The number of aryl methyl sites for hydroxylation is 2. The number of hydrogen-bond acceptors (Lipinski definition) is 3. The molecule has 2 aromatic carbocycles. The Kier molecular flexibility index (Phi) is 5.59. The van der Waals surface area contributed by atoms with Gasteiger partial charge >= 0.3 is 0 Å². The number of ether oxygens (including phenoxy) is 1. The van der Waals surface area contributed by atoms with Crippen LogP contribution in [0.1, 0.15) is 21.5 Å². The topological polar surface area (TPSA) is 58.6 Å². The molecule has 0 aromatic heterocycles. The largest absolute Gasteiger partial charge is 0.365 e. The Bertz CT molecular complexity index is 838. The summed E-state index contributed by atoms with van der Waals surface area (Å²) in [7, 11) is 0. The minimum absolute atomic E-state index is 0.00459. The number of carbonyl (C=O) groups is 2. The highest BCUT2D eigenvalue weighted by Crippen LogP contribution is 2.22. The van der Waals surface area contributed by atoms with Crippen molar-refractivity contribution < 1.29 is 14.3 Å². The lowest BCUT2D eigenvalue weighted by Crippen LogP contribution is -2.50. The smallest absolute Gasteiger partial charge is 0.253 e. The quantitative estimate of drug-likeness (QED) is 0.897. The fourth-order valence-corrected chi connectivity index (χ4v) is 3.02. The SMILES string of the molecule is Cc1ccc(N2CC(CNC(=O)c3cccc(Cl)c3)OCC2=O)cc1C. The van der Waals surface area contributed by atoms with E-state index in [0.717, 1.165) is 11.3 Å². The van der Waals surface area contributed by atoms with Crippen LogP contribution in [0, 0.1) is 13.8 Å². The second-order valence-electron chi connectivity index (χ2n) is 6.43. The number of morpholine rings is 1. The molecule has 0 saturated carbocycles. The van der Waals surface area contributed by atoms with Gasteiger partial charge in [0.05, 0.1) is 12.6 Å². The summed E-state index contributed by atoms with van der Waals surface area (Å²) >= 11 is 5.92. The minimum atomic E-state index is -0.266. The number of nitrogens with one attached hydrogen (secondary N) is 1. The first-order chi connectivity index (χ1) is 12.4. The third-order valence-electron chi connectivity index (χ3n) is 4.51. The summed E-state index contributed by atoms with van der Waals surface area (Å²) in [6.07, 6.45) is -0.266. The molecule has 3 rings (SSSR count). The summed E-state index contributed by atoms with van der Waals surface area (Å²) in [5.74, 6) is -0.295. The average Bonchev–Trinajstić information content (AvgIpc) is 2.63. The van der Waals surface area contributed by atoms with Crippen molar-refractivity contribution in [2.45, 2.75) is 20.0 Å². The van der Waals surface area contributed by atoms with Gasteiger partial charge in [0.25, 0.3) is 11.8 Å². The van der Waals surface area contributed by atoms with E-state index in [-0.39, 0.29) is 24.5 Å². The number of benzene rings is 2. The predicted molar refractivity (Wildman–Crippen MR) is 102 cm³/mol. The van der Waals surface area contributed by atoms with Crippen LogP contribution in [-0.2, 0) is 9.53 Å². The molecule has 0 spiro atoms. The monoisotopic (exact) mass is 372 g/mol. The van der Waals surface area contributed by atoms with Gasteiger partial charge < -0.3 is 15.0 Å². The van der Waals surface area contributed by atoms with Gasteiger partial charge in [0, 0.05) is 22.8 Å². The van der Waals surface area contributed by atoms with Gasteiger partial charge in [-0.25, -0.2) is 0 Å². The second-order valence-corrected chi connectivity index (χ2v) is 6.86. The molecule has 1 N–H and O–H groups in total. The summed E-state index contributed by atoms with van der Waals surface area (Å²) in [6.45, 7) is 4.78. The van der Waals surface area contributed by atoms with Crippen LogP contribution in [-0.4, -0.2) is 37.6 Å². The van der Waals surface area contributed by atoms with Crippen LogP contribution < -0.4 is 10.2 Å². The average molecular weight is 373 g/mol. The maximum absolute atomic E-state index is 12.2. The Morgan fingerprint density at radius 3 is 2.77 bits per heavy atom. The molecule has 6 heteroatoms. The van der Waals surface area contributed by atoms with Crippen molar-refractivity contribution in [1.29, 1.82) is 0 Å². The highest BCUT2D eigenvalue weighted by Gasteiger charge is 2.28. The molecule has 0 radical (unpaired) electrons. The molecule has 0 aliphatic carbocycles. The highest BCUT2D eigenvalue weighted by atomic mass is 35.5. The number of rotatable bonds is 4. The molecule has 1 fully saturated rings.